The molecule has 82 valence electrons. The highest BCUT2D eigenvalue weighted by Gasteiger charge is 2.41. The fourth-order valence-electron chi connectivity index (χ4n) is 1.53. The molecule has 1 N–H and O–H groups in total. The van der Waals surface area contributed by atoms with Gasteiger partial charge in [-0.15, -0.1) is 0 Å². The molecule has 0 bridgehead atoms. The molecule has 1 saturated carbocycles. The Hall–Kier alpha value is -0.0500. The molecule has 1 unspecified atom stereocenters. The van der Waals surface area contributed by atoms with Crippen LogP contribution in [0.15, 0.2) is 0 Å². The summed E-state index contributed by atoms with van der Waals surface area (Å²) in [6, 6.07) is 0. The third kappa shape index (κ3) is 3.26. The number of hydrogen-bond donors (Lipinski definition) is 1. The molecule has 0 radical (unpaired) electrons. The zero-order valence-corrected chi connectivity index (χ0v) is 10.7. The highest BCUT2D eigenvalue weighted by Crippen LogP contribution is 2.48. The second-order valence-electron chi connectivity index (χ2n) is 4.47. The highest BCUT2D eigenvalue weighted by molar-refractivity contribution is 9.09. The van der Waals surface area contributed by atoms with E-state index in [1.807, 2.05) is 6.92 Å². The van der Waals surface area contributed by atoms with Crippen molar-refractivity contribution in [1.82, 2.24) is 5.32 Å². The minimum absolute atomic E-state index is 0.162. The van der Waals surface area contributed by atoms with Crippen LogP contribution in [0.1, 0.15) is 39.5 Å². The molecule has 0 aromatic carbocycles. The van der Waals surface area contributed by atoms with Crippen LogP contribution >= 0.6 is 15.9 Å². The molecule has 2 nitrogen and oxygen atoms in total. The van der Waals surface area contributed by atoms with E-state index in [2.05, 4.69) is 28.2 Å². The second kappa shape index (κ2) is 5.15. The van der Waals surface area contributed by atoms with Crippen molar-refractivity contribution < 1.29 is 4.79 Å². The van der Waals surface area contributed by atoms with Gasteiger partial charge in [0.15, 0.2) is 0 Å². The van der Waals surface area contributed by atoms with Gasteiger partial charge in [-0.25, -0.2) is 0 Å². The Bertz CT molecular complexity index is 201. The molecule has 0 saturated heterocycles. The fourth-order valence-corrected chi connectivity index (χ4v) is 2.37. The van der Waals surface area contributed by atoms with E-state index in [4.69, 9.17) is 0 Å². The lowest BCUT2D eigenvalue weighted by molar-refractivity contribution is -0.124. The van der Waals surface area contributed by atoms with Crippen LogP contribution in [0, 0.1) is 11.3 Å². The van der Waals surface area contributed by atoms with Gasteiger partial charge in [0.2, 0.25) is 5.91 Å². The van der Waals surface area contributed by atoms with Crippen molar-refractivity contribution in [3.05, 3.63) is 0 Å². The highest BCUT2D eigenvalue weighted by atomic mass is 79.9. The van der Waals surface area contributed by atoms with Gasteiger partial charge in [-0.2, -0.15) is 0 Å². The molecule has 1 rings (SSSR count). The van der Waals surface area contributed by atoms with E-state index in [0.717, 1.165) is 18.3 Å². The van der Waals surface area contributed by atoms with E-state index in [1.54, 1.807) is 0 Å². The number of amides is 1. The van der Waals surface area contributed by atoms with Crippen molar-refractivity contribution in [1.29, 1.82) is 0 Å². The maximum Gasteiger partial charge on any atom is 0.222 e. The summed E-state index contributed by atoms with van der Waals surface area (Å²) in [6.07, 6.45) is 4.67. The van der Waals surface area contributed by atoms with Gasteiger partial charge in [0.05, 0.1) is 0 Å². The summed E-state index contributed by atoms with van der Waals surface area (Å²) < 4.78 is 0. The molecular weight excluding hydrogens is 242 g/mol. The Morgan fingerprint density at radius 3 is 2.64 bits per heavy atom. The first kappa shape index (κ1) is 12.0. The van der Waals surface area contributed by atoms with Gasteiger partial charge in [0, 0.05) is 17.8 Å². The molecule has 14 heavy (non-hydrogen) atoms. The zero-order valence-electron chi connectivity index (χ0n) is 9.11. The van der Waals surface area contributed by atoms with Crippen LogP contribution in [0.4, 0.5) is 0 Å². The maximum atomic E-state index is 11.5. The van der Waals surface area contributed by atoms with Gasteiger partial charge in [0.1, 0.15) is 0 Å². The smallest absolute Gasteiger partial charge is 0.222 e. The van der Waals surface area contributed by atoms with Crippen LogP contribution in [-0.4, -0.2) is 17.8 Å². The van der Waals surface area contributed by atoms with Gasteiger partial charge in [-0.3, -0.25) is 4.79 Å². The average molecular weight is 262 g/mol. The summed E-state index contributed by atoms with van der Waals surface area (Å²) in [5, 5.41) is 4.11. The summed E-state index contributed by atoms with van der Waals surface area (Å²) in [4.78, 5) is 11.5. The predicted molar refractivity (Wildman–Crippen MR) is 62.5 cm³/mol. The lowest BCUT2D eigenvalue weighted by atomic mass is 10.0. The molecule has 1 atom stereocenters. The number of halogens is 1. The second-order valence-corrected chi connectivity index (χ2v) is 5.26. The van der Waals surface area contributed by atoms with Crippen LogP contribution in [0.25, 0.3) is 0 Å². The molecule has 1 aliphatic carbocycles. The summed E-state index contributed by atoms with van der Waals surface area (Å²) in [5.74, 6) is 0.378. The molecule has 0 spiro atoms. The summed E-state index contributed by atoms with van der Waals surface area (Å²) in [6.45, 7) is 4.91. The van der Waals surface area contributed by atoms with E-state index < -0.39 is 0 Å². The molecule has 1 amide bonds. The molecule has 0 aromatic rings. The van der Waals surface area contributed by atoms with Crippen molar-refractivity contribution in [2.24, 2.45) is 11.3 Å². The number of rotatable bonds is 6. The Morgan fingerprint density at radius 1 is 1.57 bits per heavy atom. The predicted octanol–water partition coefficient (Wildman–Crippen LogP) is 2.71. The Labute approximate surface area is 95.0 Å². The number of nitrogens with one attached hydrogen (secondary N) is 1. The van der Waals surface area contributed by atoms with E-state index in [0.29, 0.717) is 5.41 Å². The van der Waals surface area contributed by atoms with Crippen LogP contribution in [0.5, 0.6) is 0 Å². The number of carbonyl (C=O) groups excluding carboxylic acids is 1. The van der Waals surface area contributed by atoms with Crippen molar-refractivity contribution >= 4 is 21.8 Å². The Kier molecular flexibility index (Phi) is 4.42. The standard InChI is InChI=1S/C11H20BrNO/c1-3-9(2)10(14)13-8-11(4-5-11)6-7-12/h9H,3-8H2,1-2H3,(H,13,14). The third-order valence-corrected chi connectivity index (χ3v) is 3.68. The van der Waals surface area contributed by atoms with E-state index >= 15 is 0 Å². The Balaban J connectivity index is 2.23. The monoisotopic (exact) mass is 261 g/mol. The van der Waals surface area contributed by atoms with E-state index in [1.165, 1.54) is 19.3 Å². The minimum atomic E-state index is 0.162. The van der Waals surface area contributed by atoms with Crippen molar-refractivity contribution in [3.63, 3.8) is 0 Å². The number of hydrogen-bond acceptors (Lipinski definition) is 1. The van der Waals surface area contributed by atoms with Gasteiger partial charge in [-0.1, -0.05) is 29.8 Å². The largest absolute Gasteiger partial charge is 0.355 e. The summed E-state index contributed by atoms with van der Waals surface area (Å²) >= 11 is 3.46. The van der Waals surface area contributed by atoms with Crippen molar-refractivity contribution in [2.45, 2.75) is 39.5 Å². The molecule has 1 aliphatic rings. The van der Waals surface area contributed by atoms with Gasteiger partial charge < -0.3 is 5.32 Å². The minimum Gasteiger partial charge on any atom is -0.355 e. The van der Waals surface area contributed by atoms with Crippen LogP contribution < -0.4 is 5.32 Å². The van der Waals surface area contributed by atoms with Gasteiger partial charge >= 0.3 is 0 Å². The summed E-state index contributed by atoms with van der Waals surface area (Å²) in [7, 11) is 0. The number of alkyl halides is 1. The van der Waals surface area contributed by atoms with Crippen LogP contribution in [-0.2, 0) is 4.79 Å². The summed E-state index contributed by atoms with van der Waals surface area (Å²) in [5.41, 5.74) is 0.437. The van der Waals surface area contributed by atoms with Gasteiger partial charge in [0.25, 0.3) is 0 Å². The lowest BCUT2D eigenvalue weighted by Crippen LogP contribution is -2.34. The topological polar surface area (TPSA) is 29.1 Å². The maximum absolute atomic E-state index is 11.5. The SMILES string of the molecule is CCC(C)C(=O)NCC1(CCBr)CC1. The number of carbonyl (C=O) groups is 1. The van der Waals surface area contributed by atoms with Crippen LogP contribution in [0.2, 0.25) is 0 Å². The third-order valence-electron chi connectivity index (χ3n) is 3.28. The normalized spacial score (nSPS) is 20.2. The first-order valence-corrected chi connectivity index (χ1v) is 6.59. The lowest BCUT2D eigenvalue weighted by Gasteiger charge is -2.16. The van der Waals surface area contributed by atoms with Crippen LogP contribution in [0.3, 0.4) is 0 Å². The average Bonchev–Trinajstić information content (AvgIpc) is 2.94. The van der Waals surface area contributed by atoms with Crippen molar-refractivity contribution in [3.8, 4) is 0 Å². The quantitative estimate of drug-likeness (QED) is 0.733. The molecule has 1 fully saturated rings. The fraction of sp³-hybridized carbons (Fsp3) is 0.909. The molecular formula is C11H20BrNO. The molecule has 0 aliphatic heterocycles. The first-order chi connectivity index (χ1) is 6.63. The Morgan fingerprint density at radius 2 is 2.21 bits per heavy atom. The van der Waals surface area contributed by atoms with E-state index in [9.17, 15) is 4.79 Å². The molecule has 3 heteroatoms. The first-order valence-electron chi connectivity index (χ1n) is 5.47. The van der Waals surface area contributed by atoms with Gasteiger partial charge in [-0.05, 0) is 31.1 Å². The zero-order chi connectivity index (χ0) is 10.6. The van der Waals surface area contributed by atoms with Crippen molar-refractivity contribution in [2.75, 3.05) is 11.9 Å². The molecule has 0 aromatic heterocycles. The van der Waals surface area contributed by atoms with E-state index in [-0.39, 0.29) is 11.8 Å². The molecule has 0 heterocycles.